The van der Waals surface area contributed by atoms with Crippen molar-refractivity contribution in [1.82, 2.24) is 15.6 Å². The first-order valence-corrected chi connectivity index (χ1v) is 14.1. The van der Waals surface area contributed by atoms with Gasteiger partial charge in [-0.3, -0.25) is 9.79 Å². The molecule has 1 aromatic heterocycles. The van der Waals surface area contributed by atoms with Gasteiger partial charge in [0.1, 0.15) is 12.1 Å². The third-order valence-electron chi connectivity index (χ3n) is 6.93. The van der Waals surface area contributed by atoms with Crippen molar-refractivity contribution < 1.29 is 32.6 Å². The van der Waals surface area contributed by atoms with Gasteiger partial charge in [-0.05, 0) is 37.7 Å². The highest BCUT2D eigenvalue weighted by atomic mass is 35.5. The summed E-state index contributed by atoms with van der Waals surface area (Å²) in [5, 5.41) is 8.69. The number of methoxy groups -OCH3 is 2. The van der Waals surface area contributed by atoms with Crippen LogP contribution >= 0.6 is 22.9 Å². The number of hydrogen-bond acceptors (Lipinski definition) is 10. The third kappa shape index (κ3) is 6.85. The molecule has 0 amide bonds. The Labute approximate surface area is 240 Å². The molecule has 2 aromatic rings. The summed E-state index contributed by atoms with van der Waals surface area (Å²) < 4.78 is 44.0. The van der Waals surface area contributed by atoms with Crippen molar-refractivity contribution in [2.24, 2.45) is 10.9 Å². The van der Waals surface area contributed by atoms with Crippen LogP contribution in [0.15, 0.2) is 40.0 Å². The zero-order valence-corrected chi connectivity index (χ0v) is 23.9. The molecular weight excluding hydrogens is 566 g/mol. The summed E-state index contributed by atoms with van der Waals surface area (Å²) in [4.78, 5) is 33.6. The summed E-state index contributed by atoms with van der Waals surface area (Å²) in [5.41, 5.74) is 0.953. The average molecular weight is 597 g/mol. The number of rotatable bonds is 10. The van der Waals surface area contributed by atoms with Crippen LogP contribution in [0.2, 0.25) is 5.02 Å². The van der Waals surface area contributed by atoms with Gasteiger partial charge in [-0.2, -0.15) is 0 Å². The Kier molecular flexibility index (Phi) is 10.2. The number of amidine groups is 1. The summed E-state index contributed by atoms with van der Waals surface area (Å²) >= 11 is 7.60. The standard InChI is InChI=1S/C27H31ClF2N4O5S/c1-14(35)39-17(13-37-2)12-32-16-6-4-15(5-7-16)23-20(27(36)38-3)24(18-8-9-19(29)22(30)21(18)28)34-25(33-23)26-31-10-11-40-26/h8-11,15-17,24,32H,4-7,12-13H2,1-3H3,(H,33,34). The van der Waals surface area contributed by atoms with Crippen LogP contribution in [0.1, 0.15) is 49.2 Å². The average Bonchev–Trinajstić information content (AvgIpc) is 3.49. The second-order valence-corrected chi connectivity index (χ2v) is 10.8. The van der Waals surface area contributed by atoms with Crippen LogP contribution in [-0.2, 0) is 23.8 Å². The van der Waals surface area contributed by atoms with Gasteiger partial charge in [0.25, 0.3) is 0 Å². The predicted octanol–water partition coefficient (Wildman–Crippen LogP) is 4.32. The van der Waals surface area contributed by atoms with Crippen LogP contribution in [0.5, 0.6) is 0 Å². The number of nitrogens with one attached hydrogen (secondary N) is 2. The number of aliphatic imine (C=N–C) groups is 1. The molecule has 40 heavy (non-hydrogen) atoms. The lowest BCUT2D eigenvalue weighted by Gasteiger charge is -2.35. The maximum Gasteiger partial charge on any atom is 0.338 e. The highest BCUT2D eigenvalue weighted by molar-refractivity contribution is 7.11. The van der Waals surface area contributed by atoms with E-state index >= 15 is 0 Å². The second-order valence-electron chi connectivity index (χ2n) is 9.57. The van der Waals surface area contributed by atoms with Gasteiger partial charge in [-0.25, -0.2) is 18.6 Å². The fourth-order valence-corrected chi connectivity index (χ4v) is 5.93. The molecule has 2 heterocycles. The zero-order valence-electron chi connectivity index (χ0n) is 22.3. The largest absolute Gasteiger partial charge is 0.466 e. The molecular formula is C27H31ClF2N4O5S. The molecule has 2 unspecified atom stereocenters. The highest BCUT2D eigenvalue weighted by Crippen LogP contribution is 2.41. The molecule has 0 spiro atoms. The maximum absolute atomic E-state index is 14.5. The minimum atomic E-state index is -1.21. The first-order chi connectivity index (χ1) is 19.2. The van der Waals surface area contributed by atoms with E-state index in [0.29, 0.717) is 35.9 Å². The van der Waals surface area contributed by atoms with Crippen LogP contribution in [0.25, 0.3) is 0 Å². The summed E-state index contributed by atoms with van der Waals surface area (Å²) in [6, 6.07) is 1.44. The molecule has 0 bridgehead atoms. The van der Waals surface area contributed by atoms with Crippen molar-refractivity contribution in [2.45, 2.75) is 50.8 Å². The van der Waals surface area contributed by atoms with E-state index in [1.807, 2.05) is 0 Å². The normalized spacial score (nSPS) is 21.9. The van der Waals surface area contributed by atoms with E-state index in [1.165, 1.54) is 31.4 Å². The monoisotopic (exact) mass is 596 g/mol. The Hall–Kier alpha value is -2.93. The number of allylic oxidation sites excluding steroid dienone is 1. The minimum Gasteiger partial charge on any atom is -0.466 e. The molecule has 1 aliphatic heterocycles. The Morgan fingerprint density at radius 3 is 2.60 bits per heavy atom. The number of carbonyl (C=O) groups is 2. The van der Waals surface area contributed by atoms with Crippen molar-refractivity contribution in [3.63, 3.8) is 0 Å². The van der Waals surface area contributed by atoms with E-state index in [4.69, 9.17) is 25.8 Å². The van der Waals surface area contributed by atoms with E-state index in [0.717, 1.165) is 18.9 Å². The van der Waals surface area contributed by atoms with E-state index in [2.05, 4.69) is 20.6 Å². The summed E-state index contributed by atoms with van der Waals surface area (Å²) in [6.07, 6.45) is 4.23. The third-order valence-corrected chi connectivity index (χ3v) is 8.09. The molecule has 0 radical (unpaired) electrons. The molecule has 1 fully saturated rings. The molecule has 1 aliphatic carbocycles. The van der Waals surface area contributed by atoms with Gasteiger partial charge in [0, 0.05) is 49.5 Å². The highest BCUT2D eigenvalue weighted by Gasteiger charge is 2.38. The van der Waals surface area contributed by atoms with E-state index < -0.39 is 34.8 Å². The van der Waals surface area contributed by atoms with Gasteiger partial charge in [-0.1, -0.05) is 17.7 Å². The van der Waals surface area contributed by atoms with E-state index in [-0.39, 0.29) is 35.7 Å². The Balaban J connectivity index is 1.62. The number of esters is 2. The van der Waals surface area contributed by atoms with E-state index in [9.17, 15) is 18.4 Å². The lowest BCUT2D eigenvalue weighted by molar-refractivity contribution is -0.148. The number of halogens is 3. The van der Waals surface area contributed by atoms with Gasteiger partial charge in [0.2, 0.25) is 0 Å². The van der Waals surface area contributed by atoms with Crippen LogP contribution in [0.3, 0.4) is 0 Å². The van der Waals surface area contributed by atoms with Gasteiger partial charge >= 0.3 is 11.9 Å². The number of nitrogens with zero attached hydrogens (tertiary/aromatic N) is 2. The predicted molar refractivity (Wildman–Crippen MR) is 146 cm³/mol. The lowest BCUT2D eigenvalue weighted by Crippen LogP contribution is -2.43. The van der Waals surface area contributed by atoms with Crippen molar-refractivity contribution >= 4 is 40.7 Å². The Morgan fingerprint density at radius 1 is 1.23 bits per heavy atom. The summed E-state index contributed by atoms with van der Waals surface area (Å²) in [5.74, 6) is -2.98. The molecule has 1 aromatic carbocycles. The molecule has 2 N–H and O–H groups in total. The van der Waals surface area contributed by atoms with Crippen LogP contribution in [0, 0.1) is 17.6 Å². The molecule has 2 aliphatic rings. The van der Waals surface area contributed by atoms with Crippen molar-refractivity contribution in [3.8, 4) is 0 Å². The van der Waals surface area contributed by atoms with Crippen molar-refractivity contribution in [2.75, 3.05) is 27.4 Å². The van der Waals surface area contributed by atoms with Gasteiger partial charge < -0.3 is 24.8 Å². The van der Waals surface area contributed by atoms with Crippen molar-refractivity contribution in [3.05, 3.63) is 62.2 Å². The molecule has 9 nitrogen and oxygen atoms in total. The molecule has 4 rings (SSSR count). The minimum absolute atomic E-state index is 0.0765. The lowest BCUT2D eigenvalue weighted by atomic mass is 9.80. The second kappa shape index (κ2) is 13.6. The number of aromatic nitrogens is 1. The topological polar surface area (TPSA) is 111 Å². The van der Waals surface area contributed by atoms with E-state index in [1.54, 1.807) is 18.7 Å². The smallest absolute Gasteiger partial charge is 0.338 e. The summed E-state index contributed by atoms with van der Waals surface area (Å²) in [6.45, 7) is 2.10. The summed E-state index contributed by atoms with van der Waals surface area (Å²) in [7, 11) is 2.81. The Morgan fingerprint density at radius 2 is 1.98 bits per heavy atom. The molecule has 0 saturated heterocycles. The zero-order chi connectivity index (χ0) is 28.8. The SMILES string of the molecule is COCC(CNC1CCC(C2=C(C(=O)OC)C(c3ccc(F)c(F)c3Cl)N=C(c3nccs3)N2)CC1)OC(C)=O. The van der Waals surface area contributed by atoms with Gasteiger partial charge in [-0.15, -0.1) is 11.3 Å². The molecule has 2 atom stereocenters. The quantitative estimate of drug-likeness (QED) is 0.308. The maximum atomic E-state index is 14.5. The van der Waals surface area contributed by atoms with Gasteiger partial charge in [0.05, 0.1) is 24.3 Å². The number of benzene rings is 1. The van der Waals surface area contributed by atoms with Crippen LogP contribution in [-0.4, -0.2) is 62.3 Å². The first kappa shape index (κ1) is 30.0. The fourth-order valence-electron chi connectivity index (χ4n) is 5.09. The first-order valence-electron chi connectivity index (χ1n) is 12.8. The Bertz CT molecular complexity index is 1280. The number of thiazole rings is 1. The molecule has 13 heteroatoms. The van der Waals surface area contributed by atoms with Crippen molar-refractivity contribution in [1.29, 1.82) is 0 Å². The van der Waals surface area contributed by atoms with Gasteiger partial charge in [0.15, 0.2) is 22.5 Å². The van der Waals surface area contributed by atoms with Crippen LogP contribution in [0.4, 0.5) is 8.78 Å². The van der Waals surface area contributed by atoms with Crippen LogP contribution < -0.4 is 10.6 Å². The number of carbonyl (C=O) groups excluding carboxylic acids is 2. The number of ether oxygens (including phenoxy) is 3. The fraction of sp³-hybridized carbons (Fsp3) is 0.481. The number of hydrogen-bond donors (Lipinski definition) is 2. The molecule has 1 saturated carbocycles. The molecule has 216 valence electrons.